The molecule has 2 aromatic rings. The summed E-state index contributed by atoms with van der Waals surface area (Å²) in [6.45, 7) is 0.193. The molecule has 0 aromatic heterocycles. The van der Waals surface area contributed by atoms with Gasteiger partial charge in [0.25, 0.3) is 5.91 Å². The Morgan fingerprint density at radius 1 is 1.09 bits per heavy atom. The van der Waals surface area contributed by atoms with Gasteiger partial charge in [-0.2, -0.15) is 0 Å². The fourth-order valence-electron chi connectivity index (χ4n) is 1.78. The summed E-state index contributed by atoms with van der Waals surface area (Å²) in [5.74, 6) is -1.03. The van der Waals surface area contributed by atoms with E-state index in [4.69, 9.17) is 11.6 Å². The van der Waals surface area contributed by atoms with Crippen molar-refractivity contribution in [1.29, 1.82) is 0 Å². The monoisotopic (exact) mass is 320 g/mol. The molecule has 2 rings (SSSR count). The third kappa shape index (κ3) is 4.56. The summed E-state index contributed by atoms with van der Waals surface area (Å²) in [5, 5.41) is 5.34. The van der Waals surface area contributed by atoms with Gasteiger partial charge in [0.1, 0.15) is 5.82 Å². The second-order valence-electron chi connectivity index (χ2n) is 4.54. The molecule has 0 heterocycles. The number of carbonyl (C=O) groups is 2. The molecule has 0 fully saturated rings. The van der Waals surface area contributed by atoms with Crippen molar-refractivity contribution in [2.75, 3.05) is 11.9 Å². The van der Waals surface area contributed by atoms with Crippen molar-refractivity contribution in [3.8, 4) is 0 Å². The molecule has 0 atom stereocenters. The topological polar surface area (TPSA) is 58.2 Å². The van der Waals surface area contributed by atoms with Gasteiger partial charge in [0.05, 0.1) is 10.7 Å². The number of amides is 2. The minimum Gasteiger partial charge on any atom is -0.352 e. The number of anilines is 1. The van der Waals surface area contributed by atoms with Crippen molar-refractivity contribution in [3.05, 3.63) is 64.9 Å². The molecule has 114 valence electrons. The lowest BCUT2D eigenvalue weighted by atomic mass is 10.2. The summed E-state index contributed by atoms with van der Waals surface area (Å²) in [7, 11) is 0. The van der Waals surface area contributed by atoms with Crippen LogP contribution in [0.15, 0.2) is 48.5 Å². The maximum Gasteiger partial charge on any atom is 0.251 e. The largest absolute Gasteiger partial charge is 0.352 e. The fraction of sp³-hybridized carbons (Fsp3) is 0.125. The highest BCUT2D eigenvalue weighted by molar-refractivity contribution is 6.33. The van der Waals surface area contributed by atoms with Crippen LogP contribution in [0.1, 0.15) is 16.8 Å². The molecule has 22 heavy (non-hydrogen) atoms. The molecule has 0 saturated heterocycles. The van der Waals surface area contributed by atoms with Gasteiger partial charge in [-0.05, 0) is 30.3 Å². The highest BCUT2D eigenvalue weighted by Crippen LogP contribution is 2.22. The van der Waals surface area contributed by atoms with E-state index in [0.717, 1.165) is 6.07 Å². The van der Waals surface area contributed by atoms with Gasteiger partial charge in [-0.3, -0.25) is 9.59 Å². The zero-order chi connectivity index (χ0) is 15.9. The second-order valence-corrected chi connectivity index (χ2v) is 4.95. The van der Waals surface area contributed by atoms with Crippen molar-refractivity contribution in [1.82, 2.24) is 5.32 Å². The summed E-state index contributed by atoms with van der Waals surface area (Å²) in [4.78, 5) is 23.5. The number of rotatable bonds is 5. The Balaban J connectivity index is 1.80. The van der Waals surface area contributed by atoms with E-state index in [1.807, 2.05) is 6.07 Å². The van der Waals surface area contributed by atoms with Crippen molar-refractivity contribution < 1.29 is 14.0 Å². The first-order valence-corrected chi connectivity index (χ1v) is 7.02. The molecule has 0 unspecified atom stereocenters. The van der Waals surface area contributed by atoms with Gasteiger partial charge in [-0.15, -0.1) is 0 Å². The quantitative estimate of drug-likeness (QED) is 0.888. The number of carbonyl (C=O) groups excluding carboxylic acids is 2. The van der Waals surface area contributed by atoms with Crippen LogP contribution in [0.5, 0.6) is 0 Å². The smallest absolute Gasteiger partial charge is 0.251 e. The van der Waals surface area contributed by atoms with Crippen molar-refractivity contribution in [2.24, 2.45) is 0 Å². The third-order valence-electron chi connectivity index (χ3n) is 2.88. The van der Waals surface area contributed by atoms with Crippen molar-refractivity contribution in [2.45, 2.75) is 6.42 Å². The molecule has 4 nitrogen and oxygen atoms in total. The first-order valence-electron chi connectivity index (χ1n) is 6.64. The Morgan fingerprint density at radius 3 is 2.50 bits per heavy atom. The van der Waals surface area contributed by atoms with Crippen LogP contribution in [0, 0.1) is 5.82 Å². The van der Waals surface area contributed by atoms with Crippen LogP contribution < -0.4 is 10.6 Å². The van der Waals surface area contributed by atoms with Crippen LogP contribution >= 0.6 is 11.6 Å². The average molecular weight is 321 g/mol. The first kappa shape index (κ1) is 16.0. The standard InChI is InChI=1S/C16H14ClFN2O2/c17-13-10-12(18)6-7-14(13)20-15(21)8-9-19-16(22)11-4-2-1-3-5-11/h1-7,10H,8-9H2,(H,19,22)(H,20,21). The first-order chi connectivity index (χ1) is 10.6. The maximum absolute atomic E-state index is 12.9. The van der Waals surface area contributed by atoms with E-state index >= 15 is 0 Å². The van der Waals surface area contributed by atoms with Crippen molar-refractivity contribution >= 4 is 29.1 Å². The Hall–Kier alpha value is -2.40. The number of halogens is 2. The zero-order valence-corrected chi connectivity index (χ0v) is 12.4. The summed E-state index contributed by atoms with van der Waals surface area (Å²) in [5.41, 5.74) is 0.868. The molecule has 0 aliphatic carbocycles. The van der Waals surface area contributed by atoms with Crippen LogP contribution in [0.4, 0.5) is 10.1 Å². The van der Waals surface area contributed by atoms with E-state index in [-0.39, 0.29) is 29.8 Å². The van der Waals surface area contributed by atoms with Gasteiger partial charge in [0.15, 0.2) is 0 Å². The lowest BCUT2D eigenvalue weighted by molar-refractivity contribution is -0.116. The Labute approximate surface area is 132 Å². The number of hydrogen-bond donors (Lipinski definition) is 2. The van der Waals surface area contributed by atoms with Gasteiger partial charge >= 0.3 is 0 Å². The summed E-state index contributed by atoms with van der Waals surface area (Å²) >= 11 is 5.81. The lowest BCUT2D eigenvalue weighted by Crippen LogP contribution is -2.27. The molecule has 2 amide bonds. The highest BCUT2D eigenvalue weighted by atomic mass is 35.5. The third-order valence-corrected chi connectivity index (χ3v) is 3.19. The van der Waals surface area contributed by atoms with Crippen LogP contribution in [-0.2, 0) is 4.79 Å². The van der Waals surface area contributed by atoms with E-state index < -0.39 is 5.82 Å². The Kier molecular flexibility index (Phi) is 5.49. The fourth-order valence-corrected chi connectivity index (χ4v) is 2.00. The molecular weight excluding hydrogens is 307 g/mol. The van der Waals surface area contributed by atoms with Gasteiger partial charge in [0.2, 0.25) is 5.91 Å². The summed E-state index contributed by atoms with van der Waals surface area (Å²) in [6.07, 6.45) is 0.0896. The van der Waals surface area contributed by atoms with E-state index in [2.05, 4.69) is 10.6 Å². The number of benzene rings is 2. The normalized spacial score (nSPS) is 10.1. The van der Waals surface area contributed by atoms with E-state index in [1.54, 1.807) is 24.3 Å². The molecule has 2 aromatic carbocycles. The van der Waals surface area contributed by atoms with E-state index in [0.29, 0.717) is 11.3 Å². The molecule has 0 aliphatic heterocycles. The molecule has 0 aliphatic rings. The minimum absolute atomic E-state index is 0.0896. The predicted molar refractivity (Wildman–Crippen MR) is 83.4 cm³/mol. The van der Waals surface area contributed by atoms with Crippen LogP contribution in [0.3, 0.4) is 0 Å². The summed E-state index contributed by atoms with van der Waals surface area (Å²) in [6, 6.07) is 12.4. The SMILES string of the molecule is O=C(CCNC(=O)c1ccccc1)Nc1ccc(F)cc1Cl. The molecule has 0 bridgehead atoms. The maximum atomic E-state index is 12.9. The molecule has 6 heteroatoms. The van der Waals surface area contributed by atoms with Gasteiger partial charge in [0, 0.05) is 18.5 Å². The number of nitrogens with one attached hydrogen (secondary N) is 2. The second kappa shape index (κ2) is 7.56. The van der Waals surface area contributed by atoms with E-state index in [1.165, 1.54) is 12.1 Å². The van der Waals surface area contributed by atoms with Crippen LogP contribution in [0.25, 0.3) is 0 Å². The predicted octanol–water partition coefficient (Wildman–Crippen LogP) is 3.24. The van der Waals surface area contributed by atoms with Crippen LogP contribution in [-0.4, -0.2) is 18.4 Å². The summed E-state index contributed by atoms with van der Waals surface area (Å²) < 4.78 is 12.9. The molecule has 0 radical (unpaired) electrons. The Morgan fingerprint density at radius 2 is 1.82 bits per heavy atom. The molecule has 2 N–H and O–H groups in total. The van der Waals surface area contributed by atoms with Gasteiger partial charge in [-0.1, -0.05) is 29.8 Å². The lowest BCUT2D eigenvalue weighted by Gasteiger charge is -2.08. The average Bonchev–Trinajstić information content (AvgIpc) is 2.51. The number of hydrogen-bond acceptors (Lipinski definition) is 2. The van der Waals surface area contributed by atoms with Crippen molar-refractivity contribution in [3.63, 3.8) is 0 Å². The molecule has 0 spiro atoms. The highest BCUT2D eigenvalue weighted by Gasteiger charge is 2.08. The molecule has 0 saturated carbocycles. The minimum atomic E-state index is -0.474. The van der Waals surface area contributed by atoms with Gasteiger partial charge < -0.3 is 10.6 Å². The van der Waals surface area contributed by atoms with E-state index in [9.17, 15) is 14.0 Å². The van der Waals surface area contributed by atoms with Crippen LogP contribution in [0.2, 0.25) is 5.02 Å². The van der Waals surface area contributed by atoms with Gasteiger partial charge in [-0.25, -0.2) is 4.39 Å². The Bertz CT molecular complexity index is 677. The zero-order valence-electron chi connectivity index (χ0n) is 11.6. The molecular formula is C16H14ClFN2O2.